The Labute approximate surface area is 85.2 Å². The number of fused-ring (bicyclic) bond motifs is 1. The lowest BCUT2D eigenvalue weighted by molar-refractivity contribution is 0.0690. The van der Waals surface area contributed by atoms with E-state index < -0.39 is 5.97 Å². The maximum atomic E-state index is 10.9. The van der Waals surface area contributed by atoms with Crippen LogP contribution in [0.2, 0.25) is 0 Å². The van der Waals surface area contributed by atoms with Crippen molar-refractivity contribution >= 4 is 17.0 Å². The number of imidazole rings is 1. The molecule has 1 aliphatic rings. The Morgan fingerprint density at radius 2 is 2.33 bits per heavy atom. The lowest BCUT2D eigenvalue weighted by atomic mass is 10.2. The zero-order chi connectivity index (χ0) is 10.4. The van der Waals surface area contributed by atoms with E-state index in [9.17, 15) is 4.79 Å². The molecule has 2 aromatic heterocycles. The smallest absolute Gasteiger partial charge is 0.354 e. The maximum absolute atomic E-state index is 10.9. The number of aromatic amines is 1. The molecule has 15 heavy (non-hydrogen) atoms. The lowest BCUT2D eigenvalue weighted by Gasteiger charge is -2.01. The number of pyridine rings is 1. The number of carboxylic acids is 1. The van der Waals surface area contributed by atoms with Crippen molar-refractivity contribution in [1.29, 1.82) is 0 Å². The van der Waals surface area contributed by atoms with Crippen molar-refractivity contribution in [2.75, 3.05) is 0 Å². The van der Waals surface area contributed by atoms with Gasteiger partial charge in [-0.15, -0.1) is 0 Å². The van der Waals surface area contributed by atoms with E-state index in [-0.39, 0.29) is 5.69 Å². The molecule has 5 heteroatoms. The van der Waals surface area contributed by atoms with Gasteiger partial charge in [-0.05, 0) is 18.9 Å². The summed E-state index contributed by atoms with van der Waals surface area (Å²) in [6, 6.07) is 1.52. The summed E-state index contributed by atoms with van der Waals surface area (Å²) in [5, 5.41) is 8.91. The van der Waals surface area contributed by atoms with Crippen LogP contribution in [0.3, 0.4) is 0 Å². The van der Waals surface area contributed by atoms with Crippen molar-refractivity contribution in [2.45, 2.75) is 18.8 Å². The number of H-pyrrole nitrogens is 1. The fourth-order valence-electron chi connectivity index (χ4n) is 1.72. The number of nitrogens with one attached hydrogen (secondary N) is 1. The summed E-state index contributed by atoms with van der Waals surface area (Å²) < 4.78 is 0. The van der Waals surface area contributed by atoms with Gasteiger partial charge in [-0.1, -0.05) is 0 Å². The summed E-state index contributed by atoms with van der Waals surface area (Å²) >= 11 is 0. The number of aromatic nitrogens is 3. The third-order valence-corrected chi connectivity index (χ3v) is 2.62. The summed E-state index contributed by atoms with van der Waals surface area (Å²) in [5.74, 6) is -0.594. The van der Waals surface area contributed by atoms with E-state index in [0.717, 1.165) is 29.6 Å². The molecule has 0 bridgehead atoms. The minimum absolute atomic E-state index is 0.0913. The summed E-state index contributed by atoms with van der Waals surface area (Å²) in [6.07, 6.45) is 3.74. The van der Waals surface area contributed by atoms with Crippen LogP contribution in [0.4, 0.5) is 0 Å². The first-order valence-electron chi connectivity index (χ1n) is 4.83. The SMILES string of the molecule is O=C(O)c1cc2[nH]cnc2c(C2CC2)n1. The van der Waals surface area contributed by atoms with Crippen LogP contribution in [0.1, 0.15) is 34.9 Å². The molecule has 0 saturated heterocycles. The number of hydrogen-bond donors (Lipinski definition) is 2. The van der Waals surface area contributed by atoms with Gasteiger partial charge in [0.05, 0.1) is 17.5 Å². The zero-order valence-corrected chi connectivity index (χ0v) is 7.90. The Morgan fingerprint density at radius 3 is 3.00 bits per heavy atom. The van der Waals surface area contributed by atoms with Gasteiger partial charge < -0.3 is 10.1 Å². The number of aromatic carboxylic acids is 1. The molecule has 0 spiro atoms. The quantitative estimate of drug-likeness (QED) is 0.775. The van der Waals surface area contributed by atoms with Crippen LogP contribution in [0.25, 0.3) is 11.0 Å². The van der Waals surface area contributed by atoms with Crippen molar-refractivity contribution in [3.05, 3.63) is 23.8 Å². The monoisotopic (exact) mass is 203 g/mol. The highest BCUT2D eigenvalue weighted by molar-refractivity contribution is 5.90. The van der Waals surface area contributed by atoms with Crippen molar-refractivity contribution in [2.24, 2.45) is 0 Å². The van der Waals surface area contributed by atoms with E-state index >= 15 is 0 Å². The van der Waals surface area contributed by atoms with Gasteiger partial charge in [-0.3, -0.25) is 0 Å². The van der Waals surface area contributed by atoms with Gasteiger partial charge >= 0.3 is 5.97 Å². The third kappa shape index (κ3) is 1.27. The van der Waals surface area contributed by atoms with E-state index in [1.807, 2.05) is 0 Å². The maximum Gasteiger partial charge on any atom is 0.354 e. The first-order valence-corrected chi connectivity index (χ1v) is 4.83. The van der Waals surface area contributed by atoms with Crippen LogP contribution >= 0.6 is 0 Å². The highest BCUT2D eigenvalue weighted by atomic mass is 16.4. The second kappa shape index (κ2) is 2.79. The zero-order valence-electron chi connectivity index (χ0n) is 7.90. The lowest BCUT2D eigenvalue weighted by Crippen LogP contribution is -2.03. The first kappa shape index (κ1) is 8.40. The minimum Gasteiger partial charge on any atom is -0.477 e. The molecule has 5 nitrogen and oxygen atoms in total. The van der Waals surface area contributed by atoms with Crippen LogP contribution in [-0.2, 0) is 0 Å². The predicted octanol–water partition coefficient (Wildman–Crippen LogP) is 1.53. The molecular formula is C10H9N3O2. The van der Waals surface area contributed by atoms with Crippen LogP contribution in [-0.4, -0.2) is 26.0 Å². The van der Waals surface area contributed by atoms with E-state index in [2.05, 4.69) is 15.0 Å². The molecule has 76 valence electrons. The van der Waals surface area contributed by atoms with Crippen molar-refractivity contribution in [3.63, 3.8) is 0 Å². The highest BCUT2D eigenvalue weighted by Gasteiger charge is 2.29. The number of rotatable bonds is 2. The molecular weight excluding hydrogens is 194 g/mol. The van der Waals surface area contributed by atoms with Crippen LogP contribution < -0.4 is 0 Å². The fourth-order valence-corrected chi connectivity index (χ4v) is 1.72. The van der Waals surface area contributed by atoms with Gasteiger partial charge in [0.2, 0.25) is 0 Å². The predicted molar refractivity (Wildman–Crippen MR) is 52.8 cm³/mol. The van der Waals surface area contributed by atoms with Gasteiger partial charge in [0, 0.05) is 5.92 Å². The van der Waals surface area contributed by atoms with Gasteiger partial charge in [-0.2, -0.15) is 0 Å². The second-order valence-corrected chi connectivity index (χ2v) is 3.77. The Kier molecular flexibility index (Phi) is 1.56. The van der Waals surface area contributed by atoms with Gasteiger partial charge in [-0.25, -0.2) is 14.8 Å². The molecule has 1 aliphatic carbocycles. The average Bonchev–Trinajstić information content (AvgIpc) is 2.94. The number of carbonyl (C=O) groups is 1. The fraction of sp³-hybridized carbons (Fsp3) is 0.300. The van der Waals surface area contributed by atoms with Crippen molar-refractivity contribution in [1.82, 2.24) is 15.0 Å². The largest absolute Gasteiger partial charge is 0.477 e. The molecule has 2 aromatic rings. The Bertz CT molecular complexity index is 543. The highest BCUT2D eigenvalue weighted by Crippen LogP contribution is 2.41. The molecule has 1 saturated carbocycles. The molecule has 0 amide bonds. The van der Waals surface area contributed by atoms with E-state index in [4.69, 9.17) is 5.11 Å². The third-order valence-electron chi connectivity index (χ3n) is 2.62. The number of nitrogens with zero attached hydrogens (tertiary/aromatic N) is 2. The van der Waals surface area contributed by atoms with E-state index in [0.29, 0.717) is 5.92 Å². The minimum atomic E-state index is -0.992. The molecule has 0 aliphatic heterocycles. The average molecular weight is 203 g/mol. The van der Waals surface area contributed by atoms with Gasteiger partial charge in [0.25, 0.3) is 0 Å². The summed E-state index contributed by atoms with van der Waals surface area (Å²) in [7, 11) is 0. The summed E-state index contributed by atoms with van der Waals surface area (Å²) in [5.41, 5.74) is 2.48. The van der Waals surface area contributed by atoms with E-state index in [1.165, 1.54) is 6.07 Å². The van der Waals surface area contributed by atoms with Crippen LogP contribution in [0, 0.1) is 0 Å². The van der Waals surface area contributed by atoms with Gasteiger partial charge in [0.1, 0.15) is 5.52 Å². The molecule has 3 rings (SSSR count). The number of hydrogen-bond acceptors (Lipinski definition) is 3. The Balaban J connectivity index is 2.28. The molecule has 0 aromatic carbocycles. The molecule has 1 fully saturated rings. The molecule has 2 N–H and O–H groups in total. The standard InChI is InChI=1S/C10H9N3O2/c14-10(15)7-3-6-9(12-4-11-6)8(13-7)5-1-2-5/h3-5H,1-2H2,(H,11,12)(H,14,15). The summed E-state index contributed by atoms with van der Waals surface area (Å²) in [4.78, 5) is 22.1. The van der Waals surface area contributed by atoms with Gasteiger partial charge in [0.15, 0.2) is 5.69 Å². The molecule has 0 radical (unpaired) electrons. The topological polar surface area (TPSA) is 78.9 Å². The van der Waals surface area contributed by atoms with Crippen LogP contribution in [0.15, 0.2) is 12.4 Å². The summed E-state index contributed by atoms with van der Waals surface area (Å²) in [6.45, 7) is 0. The van der Waals surface area contributed by atoms with Crippen molar-refractivity contribution < 1.29 is 9.90 Å². The Hall–Kier alpha value is -1.91. The number of carboxylic acid groups (broad SMARTS) is 1. The molecule has 2 heterocycles. The Morgan fingerprint density at radius 1 is 1.53 bits per heavy atom. The van der Waals surface area contributed by atoms with Crippen LogP contribution in [0.5, 0.6) is 0 Å². The first-order chi connectivity index (χ1) is 7.25. The second-order valence-electron chi connectivity index (χ2n) is 3.77. The van der Waals surface area contributed by atoms with Crippen molar-refractivity contribution in [3.8, 4) is 0 Å². The van der Waals surface area contributed by atoms with E-state index in [1.54, 1.807) is 6.33 Å². The molecule has 0 atom stereocenters. The normalized spacial score (nSPS) is 15.7. The molecule has 0 unspecified atom stereocenters.